The maximum absolute atomic E-state index is 2.19. The van der Waals surface area contributed by atoms with Gasteiger partial charge >= 0.3 is 0 Å². The summed E-state index contributed by atoms with van der Waals surface area (Å²) in [6.07, 6.45) is 0. The molecule has 13 heavy (non-hydrogen) atoms. The minimum atomic E-state index is 1.36. The first kappa shape index (κ1) is 8.52. The van der Waals surface area contributed by atoms with Crippen LogP contribution in [0.5, 0.6) is 0 Å². The summed E-state index contributed by atoms with van der Waals surface area (Å²) >= 11 is 1.80. The summed E-state index contributed by atoms with van der Waals surface area (Å²) in [6, 6.07) is 10.7. The molecule has 2 aromatic rings. The Labute approximate surface area is 82.9 Å². The summed E-state index contributed by atoms with van der Waals surface area (Å²) in [4.78, 5) is 1.36. The van der Waals surface area contributed by atoms with Crippen molar-refractivity contribution in [2.75, 3.05) is 0 Å². The molecule has 0 atom stereocenters. The summed E-state index contributed by atoms with van der Waals surface area (Å²) in [6.45, 7) is 4.34. The van der Waals surface area contributed by atoms with E-state index in [1.54, 1.807) is 11.3 Å². The van der Waals surface area contributed by atoms with Gasteiger partial charge in [0.2, 0.25) is 0 Å². The Balaban J connectivity index is 2.59. The third kappa shape index (κ3) is 1.52. The molecule has 2 rings (SSSR count). The molecule has 1 heterocycles. The normalized spacial score (nSPS) is 10.3. The largest absolute Gasteiger partial charge is 0.144 e. The SMILES string of the molecule is Cc1cccc(-c2cccs2)c1C. The summed E-state index contributed by atoms with van der Waals surface area (Å²) in [7, 11) is 0. The van der Waals surface area contributed by atoms with E-state index in [-0.39, 0.29) is 0 Å². The first-order chi connectivity index (χ1) is 6.29. The molecule has 66 valence electrons. The van der Waals surface area contributed by atoms with Crippen LogP contribution < -0.4 is 0 Å². The Bertz CT molecular complexity index is 399. The molecule has 0 aliphatic heterocycles. The van der Waals surface area contributed by atoms with Crippen LogP contribution in [-0.2, 0) is 0 Å². The van der Waals surface area contributed by atoms with Gasteiger partial charge in [0.05, 0.1) is 0 Å². The van der Waals surface area contributed by atoms with Crippen LogP contribution in [-0.4, -0.2) is 0 Å². The van der Waals surface area contributed by atoms with E-state index in [0.29, 0.717) is 0 Å². The lowest BCUT2D eigenvalue weighted by atomic mass is 10.0. The molecule has 0 aliphatic carbocycles. The number of hydrogen-bond acceptors (Lipinski definition) is 1. The lowest BCUT2D eigenvalue weighted by Gasteiger charge is -2.05. The van der Waals surface area contributed by atoms with Crippen LogP contribution >= 0.6 is 11.3 Å². The van der Waals surface area contributed by atoms with E-state index in [2.05, 4.69) is 49.6 Å². The minimum absolute atomic E-state index is 1.36. The third-order valence-electron chi connectivity index (χ3n) is 2.39. The predicted molar refractivity (Wildman–Crippen MR) is 59.2 cm³/mol. The number of benzene rings is 1. The Morgan fingerprint density at radius 3 is 2.54 bits per heavy atom. The number of thiophene rings is 1. The fourth-order valence-corrected chi connectivity index (χ4v) is 2.26. The molecule has 0 bridgehead atoms. The molecule has 0 aliphatic rings. The van der Waals surface area contributed by atoms with Gasteiger partial charge in [-0.2, -0.15) is 0 Å². The van der Waals surface area contributed by atoms with Crippen LogP contribution in [0.3, 0.4) is 0 Å². The first-order valence-corrected chi connectivity index (χ1v) is 5.27. The average Bonchev–Trinajstić information content (AvgIpc) is 2.62. The highest BCUT2D eigenvalue weighted by molar-refractivity contribution is 7.13. The first-order valence-electron chi connectivity index (χ1n) is 4.39. The van der Waals surface area contributed by atoms with E-state index in [4.69, 9.17) is 0 Å². The zero-order valence-electron chi connectivity index (χ0n) is 7.87. The van der Waals surface area contributed by atoms with E-state index >= 15 is 0 Å². The van der Waals surface area contributed by atoms with Gasteiger partial charge in [-0.05, 0) is 42.0 Å². The molecular formula is C12H12S. The van der Waals surface area contributed by atoms with Crippen LogP contribution in [0, 0.1) is 13.8 Å². The summed E-state index contributed by atoms with van der Waals surface area (Å²) in [5.74, 6) is 0. The molecular weight excluding hydrogens is 176 g/mol. The predicted octanol–water partition coefficient (Wildman–Crippen LogP) is 4.03. The molecule has 0 saturated carbocycles. The van der Waals surface area contributed by atoms with Crippen molar-refractivity contribution in [1.29, 1.82) is 0 Å². The highest BCUT2D eigenvalue weighted by atomic mass is 32.1. The Morgan fingerprint density at radius 1 is 1.00 bits per heavy atom. The molecule has 1 aromatic heterocycles. The fraction of sp³-hybridized carbons (Fsp3) is 0.167. The number of rotatable bonds is 1. The Morgan fingerprint density at radius 2 is 1.85 bits per heavy atom. The molecule has 1 aromatic carbocycles. The smallest absolute Gasteiger partial charge is 0.0345 e. The van der Waals surface area contributed by atoms with Gasteiger partial charge in [-0.1, -0.05) is 24.3 Å². The zero-order valence-corrected chi connectivity index (χ0v) is 8.69. The molecule has 0 spiro atoms. The minimum Gasteiger partial charge on any atom is -0.144 e. The summed E-state index contributed by atoms with van der Waals surface area (Å²) in [5.41, 5.74) is 4.13. The third-order valence-corrected chi connectivity index (χ3v) is 3.29. The lowest BCUT2D eigenvalue weighted by Crippen LogP contribution is -1.83. The Hall–Kier alpha value is -1.08. The van der Waals surface area contributed by atoms with E-state index in [0.717, 1.165) is 0 Å². The molecule has 1 heteroatoms. The van der Waals surface area contributed by atoms with Gasteiger partial charge in [0.1, 0.15) is 0 Å². The van der Waals surface area contributed by atoms with Gasteiger partial charge in [-0.15, -0.1) is 11.3 Å². The van der Waals surface area contributed by atoms with Crippen molar-refractivity contribution in [2.45, 2.75) is 13.8 Å². The van der Waals surface area contributed by atoms with E-state index in [1.165, 1.54) is 21.6 Å². The lowest BCUT2D eigenvalue weighted by molar-refractivity contribution is 1.35. The summed E-state index contributed by atoms with van der Waals surface area (Å²) < 4.78 is 0. The van der Waals surface area contributed by atoms with Crippen molar-refractivity contribution in [2.24, 2.45) is 0 Å². The van der Waals surface area contributed by atoms with Crippen molar-refractivity contribution in [3.8, 4) is 10.4 Å². The molecule has 0 nitrogen and oxygen atoms in total. The van der Waals surface area contributed by atoms with Crippen LogP contribution in [0.2, 0.25) is 0 Å². The number of aryl methyl sites for hydroxylation is 1. The van der Waals surface area contributed by atoms with Gasteiger partial charge in [0.15, 0.2) is 0 Å². The second-order valence-corrected chi connectivity index (χ2v) is 4.17. The van der Waals surface area contributed by atoms with Crippen molar-refractivity contribution in [3.05, 3.63) is 46.8 Å². The zero-order chi connectivity index (χ0) is 9.26. The van der Waals surface area contributed by atoms with Gasteiger partial charge < -0.3 is 0 Å². The van der Waals surface area contributed by atoms with Crippen LogP contribution in [0.15, 0.2) is 35.7 Å². The topological polar surface area (TPSA) is 0 Å². The molecule has 0 amide bonds. The maximum Gasteiger partial charge on any atom is 0.0345 e. The van der Waals surface area contributed by atoms with E-state index < -0.39 is 0 Å². The van der Waals surface area contributed by atoms with Crippen LogP contribution in [0.25, 0.3) is 10.4 Å². The van der Waals surface area contributed by atoms with Crippen LogP contribution in [0.1, 0.15) is 11.1 Å². The second-order valence-electron chi connectivity index (χ2n) is 3.22. The molecule has 0 saturated heterocycles. The maximum atomic E-state index is 2.19. The second kappa shape index (κ2) is 3.35. The van der Waals surface area contributed by atoms with Crippen molar-refractivity contribution >= 4 is 11.3 Å². The standard InChI is InChI=1S/C12H12S/c1-9-5-3-6-11(10(9)2)12-7-4-8-13-12/h3-8H,1-2H3. The average molecular weight is 188 g/mol. The highest BCUT2D eigenvalue weighted by Crippen LogP contribution is 2.28. The molecule has 0 unspecified atom stereocenters. The van der Waals surface area contributed by atoms with Crippen LogP contribution in [0.4, 0.5) is 0 Å². The highest BCUT2D eigenvalue weighted by Gasteiger charge is 2.03. The van der Waals surface area contributed by atoms with Gasteiger partial charge in [-0.25, -0.2) is 0 Å². The van der Waals surface area contributed by atoms with Gasteiger partial charge in [-0.3, -0.25) is 0 Å². The molecule has 0 N–H and O–H groups in total. The monoisotopic (exact) mass is 188 g/mol. The Kier molecular flexibility index (Phi) is 2.19. The van der Waals surface area contributed by atoms with E-state index in [1.807, 2.05) is 0 Å². The number of hydrogen-bond donors (Lipinski definition) is 0. The molecule has 0 radical (unpaired) electrons. The summed E-state index contributed by atoms with van der Waals surface area (Å²) in [5, 5.41) is 2.12. The van der Waals surface area contributed by atoms with Crippen molar-refractivity contribution in [3.63, 3.8) is 0 Å². The van der Waals surface area contributed by atoms with Crippen molar-refractivity contribution < 1.29 is 0 Å². The van der Waals surface area contributed by atoms with E-state index in [9.17, 15) is 0 Å². The van der Waals surface area contributed by atoms with Crippen molar-refractivity contribution in [1.82, 2.24) is 0 Å². The molecule has 0 fully saturated rings. The van der Waals surface area contributed by atoms with Gasteiger partial charge in [0.25, 0.3) is 0 Å². The quantitative estimate of drug-likeness (QED) is 0.633. The van der Waals surface area contributed by atoms with Gasteiger partial charge in [0, 0.05) is 4.88 Å². The fourth-order valence-electron chi connectivity index (χ4n) is 1.45.